The first-order valence-corrected chi connectivity index (χ1v) is 11.8. The van der Waals surface area contributed by atoms with Gasteiger partial charge in [-0.3, -0.25) is 4.79 Å². The Morgan fingerprint density at radius 2 is 1.97 bits per heavy atom. The van der Waals surface area contributed by atoms with Crippen LogP contribution in [0.25, 0.3) is 16.7 Å². The second-order valence-corrected chi connectivity index (χ2v) is 10.5. The van der Waals surface area contributed by atoms with Crippen LogP contribution in [0.1, 0.15) is 42.7 Å². The second kappa shape index (κ2) is 7.80. The normalized spacial score (nSPS) is 16.8. The molecule has 0 atom stereocenters. The maximum atomic E-state index is 12.8. The van der Waals surface area contributed by atoms with E-state index in [1.54, 1.807) is 25.1 Å². The molecule has 0 unspecified atom stereocenters. The summed E-state index contributed by atoms with van der Waals surface area (Å²) in [5.74, 6) is -0.645. The molecule has 1 aliphatic rings. The van der Waals surface area contributed by atoms with Crippen LogP contribution in [0.15, 0.2) is 36.5 Å². The topological polar surface area (TPSA) is 103 Å². The van der Waals surface area contributed by atoms with E-state index < -0.39 is 27.9 Å². The molecule has 170 valence electrons. The molecule has 0 saturated carbocycles. The quantitative estimate of drug-likeness (QED) is 0.602. The number of amides is 1. The number of halogens is 2. The molecule has 1 N–H and O–H groups in total. The lowest BCUT2D eigenvalue weighted by molar-refractivity contribution is -0.0498. The van der Waals surface area contributed by atoms with E-state index in [9.17, 15) is 22.0 Å². The highest BCUT2D eigenvalue weighted by atomic mass is 32.2. The predicted octanol–water partition coefficient (Wildman–Crippen LogP) is 3.06. The number of alkyl halides is 2. The Kier molecular flexibility index (Phi) is 5.40. The Balaban J connectivity index is 1.71. The number of aromatic nitrogens is 3. The van der Waals surface area contributed by atoms with Crippen LogP contribution in [-0.4, -0.2) is 52.7 Å². The summed E-state index contributed by atoms with van der Waals surface area (Å²) in [6, 6.07) is 7.77. The third-order valence-corrected chi connectivity index (χ3v) is 7.29. The first-order chi connectivity index (χ1) is 15.0. The van der Waals surface area contributed by atoms with Crippen molar-refractivity contribution >= 4 is 26.8 Å². The average molecular weight is 464 g/mol. The van der Waals surface area contributed by atoms with Gasteiger partial charge < -0.3 is 10.1 Å². The number of hydrogen-bond donors (Lipinski definition) is 1. The van der Waals surface area contributed by atoms with Crippen molar-refractivity contribution in [1.82, 2.24) is 20.1 Å². The number of carbonyl (C=O) groups excluding carboxylic acids is 1. The first kappa shape index (κ1) is 22.1. The number of hydrogen-bond acceptors (Lipinski definition) is 6. The van der Waals surface area contributed by atoms with Crippen molar-refractivity contribution in [3.8, 4) is 11.4 Å². The molecular formula is C21H22F2N4O4S. The van der Waals surface area contributed by atoms with Crippen molar-refractivity contribution in [2.75, 3.05) is 11.5 Å². The van der Waals surface area contributed by atoms with E-state index in [-0.39, 0.29) is 28.7 Å². The molecule has 2 aromatic heterocycles. The lowest BCUT2D eigenvalue weighted by Gasteiger charge is -2.38. The van der Waals surface area contributed by atoms with Crippen molar-refractivity contribution in [3.05, 3.63) is 47.8 Å². The van der Waals surface area contributed by atoms with Crippen molar-refractivity contribution in [2.45, 2.75) is 38.8 Å². The Hall–Kier alpha value is -3.08. The average Bonchev–Trinajstić information content (AvgIpc) is 3.05. The van der Waals surface area contributed by atoms with Gasteiger partial charge in [-0.25, -0.2) is 18.1 Å². The van der Waals surface area contributed by atoms with Crippen LogP contribution < -0.4 is 10.1 Å². The summed E-state index contributed by atoms with van der Waals surface area (Å²) in [6.07, 6.45) is 1.38. The summed E-state index contributed by atoms with van der Waals surface area (Å²) in [4.78, 5) is 17.2. The fourth-order valence-corrected chi connectivity index (χ4v) is 5.89. The van der Waals surface area contributed by atoms with Gasteiger partial charge in [0.1, 0.15) is 5.75 Å². The molecule has 1 amide bonds. The van der Waals surface area contributed by atoms with Crippen molar-refractivity contribution in [3.63, 3.8) is 0 Å². The summed E-state index contributed by atoms with van der Waals surface area (Å²) in [7, 11) is -3.11. The number of nitrogens with zero attached hydrogens (tertiary/aromatic N) is 3. The summed E-state index contributed by atoms with van der Waals surface area (Å²) in [5, 5.41) is 8.01. The highest BCUT2D eigenvalue weighted by molar-refractivity contribution is 7.93. The molecule has 1 saturated heterocycles. The molecule has 3 heterocycles. The van der Waals surface area contributed by atoms with Crippen LogP contribution in [0.5, 0.6) is 5.75 Å². The van der Waals surface area contributed by atoms with Crippen molar-refractivity contribution < 1.29 is 26.7 Å². The zero-order valence-electron chi connectivity index (χ0n) is 17.7. The molecular weight excluding hydrogens is 442 g/mol. The predicted molar refractivity (Wildman–Crippen MR) is 114 cm³/mol. The van der Waals surface area contributed by atoms with E-state index in [2.05, 4.69) is 20.1 Å². The molecule has 0 aliphatic carbocycles. The van der Waals surface area contributed by atoms with Crippen LogP contribution in [0.2, 0.25) is 0 Å². The van der Waals surface area contributed by atoms with E-state index in [1.165, 1.54) is 23.0 Å². The van der Waals surface area contributed by atoms with Crippen LogP contribution >= 0.6 is 0 Å². The van der Waals surface area contributed by atoms with Crippen LogP contribution in [-0.2, 0) is 9.84 Å². The molecule has 8 nitrogen and oxygen atoms in total. The van der Waals surface area contributed by atoms with Gasteiger partial charge in [-0.2, -0.15) is 13.9 Å². The van der Waals surface area contributed by atoms with Gasteiger partial charge in [0, 0.05) is 17.6 Å². The van der Waals surface area contributed by atoms with Crippen molar-refractivity contribution in [1.29, 1.82) is 0 Å². The van der Waals surface area contributed by atoms with Crippen LogP contribution in [0, 0.1) is 0 Å². The summed E-state index contributed by atoms with van der Waals surface area (Å²) < 4.78 is 54.2. The molecule has 1 aromatic carbocycles. The van der Waals surface area contributed by atoms with Gasteiger partial charge >= 0.3 is 6.61 Å². The number of fused-ring (bicyclic) bond motifs is 1. The fraction of sp³-hybridized carbons (Fsp3) is 0.381. The monoisotopic (exact) mass is 464 g/mol. The maximum Gasteiger partial charge on any atom is 0.387 e. The second-order valence-electron chi connectivity index (χ2n) is 8.47. The van der Waals surface area contributed by atoms with E-state index in [0.29, 0.717) is 22.4 Å². The zero-order valence-corrected chi connectivity index (χ0v) is 18.5. The summed E-state index contributed by atoms with van der Waals surface area (Å²) in [6.45, 7) is 2.62. The third kappa shape index (κ3) is 4.29. The fourth-order valence-electron chi connectivity index (χ4n) is 3.89. The van der Waals surface area contributed by atoms with Gasteiger partial charge in [-0.05, 0) is 31.0 Å². The minimum absolute atomic E-state index is 0.00588. The van der Waals surface area contributed by atoms with E-state index >= 15 is 0 Å². The molecule has 0 spiro atoms. The molecule has 1 aliphatic heterocycles. The number of rotatable bonds is 6. The Bertz CT molecular complexity index is 1290. The summed E-state index contributed by atoms with van der Waals surface area (Å²) in [5.41, 5.74) is 1.09. The lowest BCUT2D eigenvalue weighted by atomic mass is 10.0. The van der Waals surface area contributed by atoms with Gasteiger partial charge in [-0.15, -0.1) is 0 Å². The Morgan fingerprint density at radius 3 is 2.59 bits per heavy atom. The minimum Gasteiger partial charge on any atom is -0.435 e. The molecule has 4 rings (SSSR count). The number of carbonyl (C=O) groups is 1. The van der Waals surface area contributed by atoms with Gasteiger partial charge in [0.25, 0.3) is 5.91 Å². The highest BCUT2D eigenvalue weighted by Crippen LogP contribution is 2.29. The molecule has 11 heteroatoms. The molecule has 0 bridgehead atoms. The van der Waals surface area contributed by atoms with Gasteiger partial charge in [0.05, 0.1) is 34.0 Å². The highest BCUT2D eigenvalue weighted by Gasteiger charge is 2.45. The van der Waals surface area contributed by atoms with E-state index in [0.717, 1.165) is 0 Å². The van der Waals surface area contributed by atoms with Crippen molar-refractivity contribution in [2.24, 2.45) is 0 Å². The SMILES string of the molecule is CC(C)c1nn(-c2cccc(OC(F)F)c2)c2ncc(C(=O)NC3(C)CS(=O)(=O)C3)cc12. The number of ether oxygens (including phenoxy) is 1. The zero-order chi connectivity index (χ0) is 23.3. The van der Waals surface area contributed by atoms with Gasteiger partial charge in [-0.1, -0.05) is 19.9 Å². The number of nitrogens with one attached hydrogen (secondary N) is 1. The molecule has 0 radical (unpaired) electrons. The standard InChI is InChI=1S/C21H22F2N4O4S/c1-12(2)17-16-7-13(19(28)25-21(3)10-32(29,30)11-21)9-24-18(16)27(26-17)14-5-4-6-15(8-14)31-20(22)23/h4-9,12,20H,10-11H2,1-3H3,(H,25,28). The molecule has 1 fully saturated rings. The molecule has 3 aromatic rings. The Labute approximate surface area is 183 Å². The van der Waals surface area contributed by atoms with Crippen LogP contribution in [0.4, 0.5) is 8.78 Å². The van der Waals surface area contributed by atoms with E-state index in [4.69, 9.17) is 0 Å². The van der Waals surface area contributed by atoms with Gasteiger partial charge in [0.15, 0.2) is 15.5 Å². The summed E-state index contributed by atoms with van der Waals surface area (Å²) >= 11 is 0. The number of pyridine rings is 1. The molecule has 32 heavy (non-hydrogen) atoms. The number of benzene rings is 1. The lowest BCUT2D eigenvalue weighted by Crippen LogP contribution is -2.63. The Morgan fingerprint density at radius 1 is 1.25 bits per heavy atom. The van der Waals surface area contributed by atoms with Crippen LogP contribution in [0.3, 0.4) is 0 Å². The van der Waals surface area contributed by atoms with E-state index in [1.807, 2.05) is 13.8 Å². The smallest absolute Gasteiger partial charge is 0.387 e. The number of sulfone groups is 1. The maximum absolute atomic E-state index is 12.8. The first-order valence-electron chi connectivity index (χ1n) is 9.93. The third-order valence-electron chi connectivity index (χ3n) is 5.14. The minimum atomic E-state index is -3.11. The largest absolute Gasteiger partial charge is 0.435 e. The van der Waals surface area contributed by atoms with Gasteiger partial charge in [0.2, 0.25) is 0 Å².